The average molecular weight is 246 g/mol. The summed E-state index contributed by atoms with van der Waals surface area (Å²) in [5, 5.41) is 9.68. The minimum Gasteiger partial charge on any atom is -0.481 e. The summed E-state index contributed by atoms with van der Waals surface area (Å²) >= 11 is 0. The third-order valence-electron chi connectivity index (χ3n) is 4.92. The molecule has 1 fully saturated rings. The molecule has 0 bridgehead atoms. The highest BCUT2D eigenvalue weighted by atomic mass is 16.4. The predicted octanol–water partition coefficient (Wildman–Crippen LogP) is 3.92. The van der Waals surface area contributed by atoms with Gasteiger partial charge in [0.25, 0.3) is 0 Å². The Hall–Kier alpha value is -1.31. The first-order valence-electron chi connectivity index (χ1n) is 6.79. The average Bonchev–Trinajstić information content (AvgIpc) is 2.31. The first-order chi connectivity index (χ1) is 8.49. The van der Waals surface area contributed by atoms with Gasteiger partial charge in [-0.3, -0.25) is 4.79 Å². The van der Waals surface area contributed by atoms with Crippen molar-refractivity contribution in [2.75, 3.05) is 0 Å². The van der Waals surface area contributed by atoms with Gasteiger partial charge in [0.05, 0.1) is 5.41 Å². The van der Waals surface area contributed by atoms with E-state index in [1.165, 1.54) is 0 Å². The van der Waals surface area contributed by atoms with Crippen molar-refractivity contribution in [2.24, 2.45) is 5.41 Å². The monoisotopic (exact) mass is 246 g/mol. The van der Waals surface area contributed by atoms with E-state index in [4.69, 9.17) is 0 Å². The third kappa shape index (κ3) is 1.75. The molecule has 0 aromatic heterocycles. The summed E-state index contributed by atoms with van der Waals surface area (Å²) in [5.41, 5.74) is 1.70. The van der Waals surface area contributed by atoms with E-state index in [-0.39, 0.29) is 5.41 Å². The summed E-state index contributed by atoms with van der Waals surface area (Å²) in [6, 6.07) is 7.92. The number of carboxylic acids is 1. The van der Waals surface area contributed by atoms with Crippen LogP contribution in [0.1, 0.15) is 50.7 Å². The molecule has 98 valence electrons. The molecule has 1 aliphatic rings. The van der Waals surface area contributed by atoms with E-state index in [0.29, 0.717) is 0 Å². The number of aliphatic carboxylic acids is 1. The molecule has 18 heavy (non-hydrogen) atoms. The fourth-order valence-electron chi connectivity index (χ4n) is 3.55. The van der Waals surface area contributed by atoms with Crippen molar-refractivity contribution in [1.82, 2.24) is 0 Å². The van der Waals surface area contributed by atoms with Gasteiger partial charge < -0.3 is 5.11 Å². The topological polar surface area (TPSA) is 37.3 Å². The number of hydrogen-bond donors (Lipinski definition) is 1. The molecule has 0 unspecified atom stereocenters. The largest absolute Gasteiger partial charge is 0.481 e. The fourth-order valence-corrected chi connectivity index (χ4v) is 3.55. The van der Waals surface area contributed by atoms with Gasteiger partial charge in [-0.1, -0.05) is 51.0 Å². The molecule has 1 aromatic rings. The summed E-state index contributed by atoms with van der Waals surface area (Å²) in [6.45, 7) is 6.36. The lowest BCUT2D eigenvalue weighted by Crippen LogP contribution is -2.54. The van der Waals surface area contributed by atoms with Crippen LogP contribution in [0.5, 0.6) is 0 Å². The van der Waals surface area contributed by atoms with Gasteiger partial charge in [0, 0.05) is 0 Å². The predicted molar refractivity (Wildman–Crippen MR) is 72.7 cm³/mol. The van der Waals surface area contributed by atoms with Crippen LogP contribution in [0.2, 0.25) is 0 Å². The zero-order valence-corrected chi connectivity index (χ0v) is 11.5. The van der Waals surface area contributed by atoms with Gasteiger partial charge in [-0.15, -0.1) is 0 Å². The minimum atomic E-state index is -0.658. The Bertz CT molecular complexity index is 450. The number of rotatable bonds is 4. The number of benzene rings is 1. The van der Waals surface area contributed by atoms with E-state index in [2.05, 4.69) is 13.8 Å². The number of aryl methyl sites for hydroxylation is 1. The SMILES string of the molecule is CCC1(CC)CC(C(=O)O)(c2ccccc2C)C1. The van der Waals surface area contributed by atoms with Gasteiger partial charge in [-0.2, -0.15) is 0 Å². The molecule has 1 aromatic carbocycles. The molecule has 2 nitrogen and oxygen atoms in total. The van der Waals surface area contributed by atoms with E-state index in [1.54, 1.807) is 0 Å². The smallest absolute Gasteiger partial charge is 0.314 e. The summed E-state index contributed by atoms with van der Waals surface area (Å²) < 4.78 is 0. The van der Waals surface area contributed by atoms with Crippen molar-refractivity contribution in [3.05, 3.63) is 35.4 Å². The quantitative estimate of drug-likeness (QED) is 0.874. The van der Waals surface area contributed by atoms with E-state index in [1.807, 2.05) is 31.2 Å². The number of carbonyl (C=O) groups is 1. The Morgan fingerprint density at radius 1 is 1.22 bits per heavy atom. The molecule has 0 spiro atoms. The second-order valence-corrected chi connectivity index (χ2v) is 5.76. The Balaban J connectivity index is 2.39. The molecule has 1 aliphatic carbocycles. The molecule has 1 N–H and O–H groups in total. The molecular formula is C16H22O2. The highest BCUT2D eigenvalue weighted by molar-refractivity contribution is 5.83. The lowest BCUT2D eigenvalue weighted by Gasteiger charge is -2.54. The van der Waals surface area contributed by atoms with Gasteiger partial charge in [0.15, 0.2) is 0 Å². The first-order valence-corrected chi connectivity index (χ1v) is 6.79. The van der Waals surface area contributed by atoms with Gasteiger partial charge in [-0.25, -0.2) is 0 Å². The molecule has 1 saturated carbocycles. The Morgan fingerprint density at radius 2 is 1.78 bits per heavy atom. The molecule has 0 amide bonds. The second kappa shape index (κ2) is 4.42. The van der Waals surface area contributed by atoms with Crippen LogP contribution in [0, 0.1) is 12.3 Å². The normalized spacial score (nSPS) is 20.2. The van der Waals surface area contributed by atoms with E-state index >= 15 is 0 Å². The molecule has 0 radical (unpaired) electrons. The second-order valence-electron chi connectivity index (χ2n) is 5.76. The summed E-state index contributed by atoms with van der Waals surface area (Å²) in [6.07, 6.45) is 3.72. The Labute approximate surface area is 109 Å². The van der Waals surface area contributed by atoms with Crippen LogP contribution in [0.4, 0.5) is 0 Å². The molecule has 2 heteroatoms. The first kappa shape index (κ1) is 13.1. The molecule has 2 rings (SSSR count). The highest BCUT2D eigenvalue weighted by Crippen LogP contribution is 2.59. The number of carboxylic acid groups (broad SMARTS) is 1. The third-order valence-corrected chi connectivity index (χ3v) is 4.92. The zero-order chi connectivity index (χ0) is 13.4. The van der Waals surface area contributed by atoms with Crippen molar-refractivity contribution < 1.29 is 9.90 Å². The zero-order valence-electron chi connectivity index (χ0n) is 11.5. The van der Waals surface area contributed by atoms with E-state index in [9.17, 15) is 9.90 Å². The maximum absolute atomic E-state index is 11.8. The van der Waals surface area contributed by atoms with Gasteiger partial charge >= 0.3 is 5.97 Å². The summed E-state index contributed by atoms with van der Waals surface area (Å²) in [4.78, 5) is 11.8. The lowest BCUT2D eigenvalue weighted by molar-refractivity contribution is -0.155. The van der Waals surface area contributed by atoms with Crippen LogP contribution in [-0.4, -0.2) is 11.1 Å². The Kier molecular flexibility index (Phi) is 3.22. The molecule has 0 atom stereocenters. The molecule has 0 saturated heterocycles. The van der Waals surface area contributed by atoms with Crippen LogP contribution in [-0.2, 0) is 10.2 Å². The maximum atomic E-state index is 11.8. The van der Waals surface area contributed by atoms with Crippen LogP contribution in [0.15, 0.2) is 24.3 Å². The van der Waals surface area contributed by atoms with Gasteiger partial charge in [-0.05, 0) is 36.3 Å². The lowest BCUT2D eigenvalue weighted by atomic mass is 9.48. The summed E-state index contributed by atoms with van der Waals surface area (Å²) in [7, 11) is 0. The van der Waals surface area contributed by atoms with Crippen LogP contribution in [0.25, 0.3) is 0 Å². The summed E-state index contributed by atoms with van der Waals surface area (Å²) in [5.74, 6) is -0.658. The van der Waals surface area contributed by atoms with Crippen molar-refractivity contribution in [1.29, 1.82) is 0 Å². The van der Waals surface area contributed by atoms with Crippen molar-refractivity contribution in [3.8, 4) is 0 Å². The molecule has 0 aliphatic heterocycles. The van der Waals surface area contributed by atoms with Crippen molar-refractivity contribution in [2.45, 2.75) is 51.9 Å². The minimum absolute atomic E-state index is 0.237. The van der Waals surface area contributed by atoms with Crippen molar-refractivity contribution in [3.63, 3.8) is 0 Å². The van der Waals surface area contributed by atoms with Crippen LogP contribution in [0.3, 0.4) is 0 Å². The van der Waals surface area contributed by atoms with Gasteiger partial charge in [0.2, 0.25) is 0 Å². The fraction of sp³-hybridized carbons (Fsp3) is 0.562. The maximum Gasteiger partial charge on any atom is 0.314 e. The number of hydrogen-bond acceptors (Lipinski definition) is 1. The van der Waals surface area contributed by atoms with Crippen LogP contribution >= 0.6 is 0 Å². The highest BCUT2D eigenvalue weighted by Gasteiger charge is 2.58. The standard InChI is InChI=1S/C16H22O2/c1-4-15(5-2)10-16(11-15,14(17)18)13-9-7-6-8-12(13)3/h6-9H,4-5,10-11H2,1-3H3,(H,17,18). The molecular weight excluding hydrogens is 224 g/mol. The van der Waals surface area contributed by atoms with Crippen molar-refractivity contribution >= 4 is 5.97 Å². The Morgan fingerprint density at radius 3 is 2.22 bits per heavy atom. The van der Waals surface area contributed by atoms with E-state index in [0.717, 1.165) is 36.8 Å². The van der Waals surface area contributed by atoms with E-state index < -0.39 is 11.4 Å². The van der Waals surface area contributed by atoms with Gasteiger partial charge in [0.1, 0.15) is 0 Å². The molecule has 0 heterocycles. The van der Waals surface area contributed by atoms with Crippen LogP contribution < -0.4 is 0 Å².